The fourth-order valence-electron chi connectivity index (χ4n) is 3.42. The van der Waals surface area contributed by atoms with Gasteiger partial charge in [0, 0.05) is 31.2 Å². The molecular formula is C21H28F3N3O4. The Morgan fingerprint density at radius 3 is 2.42 bits per heavy atom. The Hall–Kier alpha value is -2.78. The summed E-state index contributed by atoms with van der Waals surface area (Å²) in [4.78, 5) is 39.8. The van der Waals surface area contributed by atoms with Gasteiger partial charge in [0.05, 0.1) is 6.54 Å². The topological polar surface area (TPSA) is 79.0 Å². The number of likely N-dealkylation sites (tertiary alicyclic amines) is 1. The average Bonchev–Trinajstić information content (AvgIpc) is 2.72. The quantitative estimate of drug-likeness (QED) is 0.699. The lowest BCUT2D eigenvalue weighted by Gasteiger charge is -2.33. The number of piperidine rings is 1. The first-order valence-electron chi connectivity index (χ1n) is 10.2. The third kappa shape index (κ3) is 7.76. The molecule has 10 heteroatoms. The Morgan fingerprint density at radius 1 is 1.19 bits per heavy atom. The van der Waals surface area contributed by atoms with E-state index in [-0.39, 0.29) is 31.4 Å². The van der Waals surface area contributed by atoms with Crippen LogP contribution in [0.2, 0.25) is 0 Å². The van der Waals surface area contributed by atoms with Crippen LogP contribution in [0.15, 0.2) is 24.3 Å². The number of aryl methyl sites for hydroxylation is 1. The van der Waals surface area contributed by atoms with Crippen LogP contribution in [-0.4, -0.2) is 66.7 Å². The SMILES string of the molecule is CCCN(CC(=O)Nc1ccccc1C)C(=O)C1CCN(C(=O)OCC(F)(F)F)CC1. The van der Waals surface area contributed by atoms with Crippen LogP contribution in [0.1, 0.15) is 31.7 Å². The number of amides is 3. The number of ether oxygens (including phenoxy) is 1. The minimum atomic E-state index is -4.58. The van der Waals surface area contributed by atoms with Gasteiger partial charge in [0.1, 0.15) is 0 Å². The molecule has 3 amide bonds. The Morgan fingerprint density at radius 2 is 1.84 bits per heavy atom. The molecule has 0 saturated carbocycles. The standard InChI is InChI=1S/C21H28F3N3O4/c1-3-10-27(13-18(28)25-17-7-5-4-6-15(17)2)19(29)16-8-11-26(12-9-16)20(30)31-14-21(22,23)24/h4-7,16H,3,8-14H2,1-2H3,(H,25,28). The van der Waals surface area contributed by atoms with Gasteiger partial charge in [0.2, 0.25) is 11.8 Å². The van der Waals surface area contributed by atoms with Crippen molar-refractivity contribution in [3.63, 3.8) is 0 Å². The van der Waals surface area contributed by atoms with Crippen LogP contribution in [0, 0.1) is 12.8 Å². The van der Waals surface area contributed by atoms with Crippen LogP contribution in [0.25, 0.3) is 0 Å². The Labute approximate surface area is 179 Å². The van der Waals surface area contributed by atoms with E-state index < -0.39 is 24.8 Å². The molecule has 0 bridgehead atoms. The monoisotopic (exact) mass is 443 g/mol. The number of nitrogens with zero attached hydrogens (tertiary/aromatic N) is 2. The zero-order chi connectivity index (χ0) is 23.0. The van der Waals surface area contributed by atoms with Gasteiger partial charge in [-0.1, -0.05) is 25.1 Å². The highest BCUT2D eigenvalue weighted by atomic mass is 19.4. The highest BCUT2D eigenvalue weighted by molar-refractivity contribution is 5.95. The Bertz CT molecular complexity index is 777. The normalized spacial score (nSPS) is 14.8. The number of benzene rings is 1. The van der Waals surface area contributed by atoms with Crippen molar-refractivity contribution in [2.24, 2.45) is 5.92 Å². The molecule has 1 aliphatic heterocycles. The molecule has 1 aromatic carbocycles. The second-order valence-corrected chi connectivity index (χ2v) is 7.55. The molecule has 1 fully saturated rings. The number of hydrogen-bond acceptors (Lipinski definition) is 4. The van der Waals surface area contributed by atoms with Gasteiger partial charge in [-0.3, -0.25) is 9.59 Å². The van der Waals surface area contributed by atoms with Crippen molar-refractivity contribution in [3.8, 4) is 0 Å². The van der Waals surface area contributed by atoms with Gasteiger partial charge in [-0.25, -0.2) is 4.79 Å². The van der Waals surface area contributed by atoms with Gasteiger partial charge >= 0.3 is 12.3 Å². The van der Waals surface area contributed by atoms with E-state index in [4.69, 9.17) is 0 Å². The van der Waals surface area contributed by atoms with E-state index in [1.165, 1.54) is 9.80 Å². The maximum Gasteiger partial charge on any atom is 0.422 e. The number of carbonyl (C=O) groups is 3. The van der Waals surface area contributed by atoms with Gasteiger partial charge in [-0.2, -0.15) is 13.2 Å². The summed E-state index contributed by atoms with van der Waals surface area (Å²) in [6.45, 7) is 2.72. The predicted octanol–water partition coefficient (Wildman–Crippen LogP) is 3.58. The molecule has 1 heterocycles. The lowest BCUT2D eigenvalue weighted by atomic mass is 9.95. The number of carbonyl (C=O) groups excluding carboxylic acids is 3. The third-order valence-corrected chi connectivity index (χ3v) is 5.02. The first-order chi connectivity index (χ1) is 14.6. The molecule has 2 rings (SSSR count). The summed E-state index contributed by atoms with van der Waals surface area (Å²) in [5.74, 6) is -0.890. The van der Waals surface area contributed by atoms with E-state index in [0.29, 0.717) is 31.5 Å². The maximum absolute atomic E-state index is 12.9. The predicted molar refractivity (Wildman–Crippen MR) is 108 cm³/mol. The molecule has 7 nitrogen and oxygen atoms in total. The zero-order valence-corrected chi connectivity index (χ0v) is 17.7. The van der Waals surface area contributed by atoms with Crippen molar-refractivity contribution in [1.82, 2.24) is 9.80 Å². The smallest absolute Gasteiger partial charge is 0.422 e. The van der Waals surface area contributed by atoms with Crippen LogP contribution in [0.5, 0.6) is 0 Å². The van der Waals surface area contributed by atoms with Crippen molar-refractivity contribution in [3.05, 3.63) is 29.8 Å². The highest BCUT2D eigenvalue weighted by Crippen LogP contribution is 2.22. The second-order valence-electron chi connectivity index (χ2n) is 7.55. The van der Waals surface area contributed by atoms with Gasteiger partial charge in [0.15, 0.2) is 6.61 Å². The Balaban J connectivity index is 1.88. The molecule has 1 aliphatic rings. The molecule has 0 aromatic heterocycles. The van der Waals surface area contributed by atoms with E-state index >= 15 is 0 Å². The van der Waals surface area contributed by atoms with E-state index in [0.717, 1.165) is 5.56 Å². The molecule has 31 heavy (non-hydrogen) atoms. The highest BCUT2D eigenvalue weighted by Gasteiger charge is 2.34. The number of hydrogen-bond donors (Lipinski definition) is 1. The summed E-state index contributed by atoms with van der Waals surface area (Å²) in [5, 5.41) is 2.81. The fraction of sp³-hybridized carbons (Fsp3) is 0.571. The van der Waals surface area contributed by atoms with Crippen LogP contribution < -0.4 is 5.32 Å². The van der Waals surface area contributed by atoms with Crippen molar-refractivity contribution in [2.75, 3.05) is 38.1 Å². The number of anilines is 1. The second kappa shape index (κ2) is 11.0. The molecule has 1 aromatic rings. The first-order valence-corrected chi connectivity index (χ1v) is 10.2. The summed E-state index contributed by atoms with van der Waals surface area (Å²) in [6, 6.07) is 7.33. The largest absolute Gasteiger partial charge is 0.440 e. The number of para-hydroxylation sites is 1. The van der Waals surface area contributed by atoms with E-state index in [1.807, 2.05) is 32.0 Å². The fourth-order valence-corrected chi connectivity index (χ4v) is 3.42. The first kappa shape index (κ1) is 24.5. The zero-order valence-electron chi connectivity index (χ0n) is 17.7. The molecule has 0 aliphatic carbocycles. The molecule has 1 N–H and O–H groups in total. The van der Waals surface area contributed by atoms with Gasteiger partial charge in [-0.15, -0.1) is 0 Å². The van der Waals surface area contributed by atoms with Crippen molar-refractivity contribution in [2.45, 2.75) is 39.3 Å². The van der Waals surface area contributed by atoms with Crippen LogP contribution >= 0.6 is 0 Å². The summed E-state index contributed by atoms with van der Waals surface area (Å²) < 4.78 is 40.9. The molecule has 1 saturated heterocycles. The molecule has 172 valence electrons. The lowest BCUT2D eigenvalue weighted by Crippen LogP contribution is -2.47. The van der Waals surface area contributed by atoms with Crippen LogP contribution in [-0.2, 0) is 14.3 Å². The van der Waals surface area contributed by atoms with Crippen LogP contribution in [0.4, 0.5) is 23.7 Å². The third-order valence-electron chi connectivity index (χ3n) is 5.02. The molecule has 0 radical (unpaired) electrons. The number of alkyl halides is 3. The van der Waals surface area contributed by atoms with Crippen LogP contribution in [0.3, 0.4) is 0 Å². The summed E-state index contributed by atoms with van der Waals surface area (Å²) in [5.41, 5.74) is 1.59. The number of halogens is 3. The van der Waals surface area contributed by atoms with Gasteiger partial charge in [0.25, 0.3) is 0 Å². The van der Waals surface area contributed by atoms with Gasteiger partial charge < -0.3 is 19.9 Å². The molecule has 0 atom stereocenters. The summed E-state index contributed by atoms with van der Waals surface area (Å²) >= 11 is 0. The minimum absolute atomic E-state index is 0.0884. The number of rotatable bonds is 7. The Kier molecular flexibility index (Phi) is 8.70. The van der Waals surface area contributed by atoms with Gasteiger partial charge in [-0.05, 0) is 37.8 Å². The van der Waals surface area contributed by atoms with E-state index in [1.54, 1.807) is 6.07 Å². The molecule has 0 unspecified atom stereocenters. The van der Waals surface area contributed by atoms with Crippen molar-refractivity contribution >= 4 is 23.6 Å². The summed E-state index contributed by atoms with van der Waals surface area (Å²) in [6.07, 6.45) is -4.33. The molecule has 0 spiro atoms. The maximum atomic E-state index is 12.9. The number of nitrogens with one attached hydrogen (secondary N) is 1. The average molecular weight is 443 g/mol. The van der Waals surface area contributed by atoms with Crippen molar-refractivity contribution < 1.29 is 32.3 Å². The molecular weight excluding hydrogens is 415 g/mol. The summed E-state index contributed by atoms with van der Waals surface area (Å²) in [7, 11) is 0. The van der Waals surface area contributed by atoms with E-state index in [9.17, 15) is 27.6 Å². The van der Waals surface area contributed by atoms with Crippen molar-refractivity contribution in [1.29, 1.82) is 0 Å². The van der Waals surface area contributed by atoms with E-state index in [2.05, 4.69) is 10.1 Å². The minimum Gasteiger partial charge on any atom is -0.440 e. The lowest BCUT2D eigenvalue weighted by molar-refractivity contribution is -0.162.